The Balaban J connectivity index is 2.05. The van der Waals surface area contributed by atoms with Crippen LogP contribution >= 0.6 is 0 Å². The van der Waals surface area contributed by atoms with E-state index in [0.717, 1.165) is 5.56 Å². The Morgan fingerprint density at radius 1 is 1.08 bits per heavy atom. The fraction of sp³-hybridized carbons (Fsp3) is 0.312. The average Bonchev–Trinajstić information content (AvgIpc) is 2.52. The molecule has 2 rings (SSSR count). The van der Waals surface area contributed by atoms with Gasteiger partial charge in [-0.2, -0.15) is 0 Å². The molecule has 0 radical (unpaired) electrons. The van der Waals surface area contributed by atoms with Crippen molar-refractivity contribution >= 4 is 23.2 Å². The molecule has 8 nitrogen and oxygen atoms in total. The molecule has 0 bridgehead atoms. The van der Waals surface area contributed by atoms with Crippen molar-refractivity contribution in [2.45, 2.75) is 33.2 Å². The molecule has 2 aromatic rings. The molecule has 0 saturated carbocycles. The third kappa shape index (κ3) is 4.56. The highest BCUT2D eigenvalue weighted by molar-refractivity contribution is 5.96. The topological polar surface area (TPSA) is 117 Å². The molecule has 0 aliphatic heterocycles. The van der Waals surface area contributed by atoms with E-state index in [1.165, 1.54) is 6.33 Å². The monoisotopic (exact) mass is 329 g/mol. The molecule has 0 fully saturated rings. The second kappa shape index (κ2) is 7.14. The molecule has 1 heterocycles. The number of aryl methyl sites for hydroxylation is 1. The van der Waals surface area contributed by atoms with Gasteiger partial charge in [0.25, 0.3) is 5.91 Å². The average molecular weight is 329 g/mol. The summed E-state index contributed by atoms with van der Waals surface area (Å²) in [5.74, 6) is 0.464. The van der Waals surface area contributed by atoms with Gasteiger partial charge in [-0.25, -0.2) is 15.4 Å². The standard InChI is InChI=1S/C16H23N7O/c1-10-7-5-6-8-11(10)15(24)22-20-13-12(17)14(19-9-18-13)21-23-16(2,3)4/h5-9,23H,17H2,1-4H3,(H,22,24)(H2,18,19,20,21). The minimum atomic E-state index is -0.270. The summed E-state index contributed by atoms with van der Waals surface area (Å²) in [6.45, 7) is 7.87. The summed E-state index contributed by atoms with van der Waals surface area (Å²) in [6.07, 6.45) is 1.35. The maximum absolute atomic E-state index is 12.2. The van der Waals surface area contributed by atoms with Crippen LogP contribution in [0.3, 0.4) is 0 Å². The first kappa shape index (κ1) is 17.5. The Hall–Kier alpha value is -2.87. The number of benzene rings is 1. The van der Waals surface area contributed by atoms with Gasteiger partial charge in [0.15, 0.2) is 11.6 Å². The SMILES string of the molecule is Cc1ccccc1C(=O)NNc1ncnc(NNC(C)(C)C)c1N. The summed E-state index contributed by atoms with van der Waals surface area (Å²) < 4.78 is 0. The number of rotatable bonds is 5. The summed E-state index contributed by atoms with van der Waals surface area (Å²) in [5.41, 5.74) is 18.9. The normalized spacial score (nSPS) is 11.0. The number of nitrogen functional groups attached to an aromatic ring is 1. The van der Waals surface area contributed by atoms with Crippen molar-refractivity contribution in [3.8, 4) is 0 Å². The van der Waals surface area contributed by atoms with Crippen molar-refractivity contribution in [1.29, 1.82) is 0 Å². The Morgan fingerprint density at radius 2 is 1.71 bits per heavy atom. The van der Waals surface area contributed by atoms with Crippen LogP contribution in [-0.4, -0.2) is 21.4 Å². The summed E-state index contributed by atoms with van der Waals surface area (Å²) >= 11 is 0. The van der Waals surface area contributed by atoms with E-state index in [9.17, 15) is 4.79 Å². The minimum absolute atomic E-state index is 0.163. The lowest BCUT2D eigenvalue weighted by Crippen LogP contribution is -2.40. The molecule has 1 aromatic heterocycles. The van der Waals surface area contributed by atoms with Gasteiger partial charge in [0.05, 0.1) is 0 Å². The Kier molecular flexibility index (Phi) is 5.20. The molecule has 128 valence electrons. The van der Waals surface area contributed by atoms with Gasteiger partial charge in [0.2, 0.25) is 0 Å². The molecule has 0 unspecified atom stereocenters. The number of carbonyl (C=O) groups excluding carboxylic acids is 1. The summed E-state index contributed by atoms with van der Waals surface area (Å²) in [4.78, 5) is 20.3. The van der Waals surface area contributed by atoms with E-state index in [4.69, 9.17) is 5.73 Å². The smallest absolute Gasteiger partial charge is 0.269 e. The molecule has 8 heteroatoms. The second-order valence-corrected chi connectivity index (χ2v) is 6.38. The summed E-state index contributed by atoms with van der Waals surface area (Å²) in [7, 11) is 0. The lowest BCUT2D eigenvalue weighted by molar-refractivity contribution is 0.0962. The highest BCUT2D eigenvalue weighted by Crippen LogP contribution is 2.21. The Labute approximate surface area is 141 Å². The van der Waals surface area contributed by atoms with Gasteiger partial charge < -0.3 is 11.2 Å². The Morgan fingerprint density at radius 3 is 2.33 bits per heavy atom. The quantitative estimate of drug-likeness (QED) is 0.531. The van der Waals surface area contributed by atoms with E-state index in [0.29, 0.717) is 22.9 Å². The Bertz CT molecular complexity index is 725. The van der Waals surface area contributed by atoms with Crippen LogP contribution in [0, 0.1) is 6.92 Å². The maximum Gasteiger partial charge on any atom is 0.269 e. The van der Waals surface area contributed by atoms with Crippen LogP contribution < -0.4 is 27.4 Å². The van der Waals surface area contributed by atoms with E-state index in [-0.39, 0.29) is 11.4 Å². The summed E-state index contributed by atoms with van der Waals surface area (Å²) in [5, 5.41) is 0. The predicted molar refractivity (Wildman–Crippen MR) is 95.2 cm³/mol. The number of anilines is 3. The molecule has 6 N–H and O–H groups in total. The van der Waals surface area contributed by atoms with Gasteiger partial charge >= 0.3 is 0 Å². The maximum atomic E-state index is 12.2. The van der Waals surface area contributed by atoms with Gasteiger partial charge in [0.1, 0.15) is 12.0 Å². The third-order valence-electron chi connectivity index (χ3n) is 3.12. The molecule has 1 amide bonds. The zero-order chi connectivity index (χ0) is 17.7. The number of aromatic nitrogens is 2. The first-order valence-corrected chi connectivity index (χ1v) is 7.53. The minimum Gasteiger partial charge on any atom is -0.393 e. The number of nitrogens with two attached hydrogens (primary N) is 1. The number of hydrogen-bond donors (Lipinski definition) is 5. The molecular weight excluding hydrogens is 306 g/mol. The van der Waals surface area contributed by atoms with Crippen LogP contribution in [0.15, 0.2) is 30.6 Å². The highest BCUT2D eigenvalue weighted by atomic mass is 16.2. The predicted octanol–water partition coefficient (Wildman–Crippen LogP) is 1.84. The molecule has 0 aliphatic carbocycles. The molecular formula is C16H23N7O. The molecule has 24 heavy (non-hydrogen) atoms. The molecule has 1 aromatic carbocycles. The second-order valence-electron chi connectivity index (χ2n) is 6.38. The van der Waals surface area contributed by atoms with Gasteiger partial charge in [-0.05, 0) is 39.3 Å². The molecule has 0 spiro atoms. The van der Waals surface area contributed by atoms with Crippen molar-refractivity contribution in [3.63, 3.8) is 0 Å². The van der Waals surface area contributed by atoms with Crippen LogP contribution in [-0.2, 0) is 0 Å². The van der Waals surface area contributed by atoms with E-state index < -0.39 is 0 Å². The largest absolute Gasteiger partial charge is 0.393 e. The zero-order valence-electron chi connectivity index (χ0n) is 14.3. The number of hydrazine groups is 2. The molecule has 0 aliphatic rings. The van der Waals surface area contributed by atoms with Gasteiger partial charge in [0, 0.05) is 11.1 Å². The fourth-order valence-corrected chi connectivity index (χ4v) is 1.85. The van der Waals surface area contributed by atoms with Crippen LogP contribution in [0.1, 0.15) is 36.7 Å². The number of amides is 1. The number of hydrogen-bond acceptors (Lipinski definition) is 7. The number of carbonyl (C=O) groups is 1. The van der Waals surface area contributed by atoms with Crippen LogP contribution in [0.4, 0.5) is 17.3 Å². The van der Waals surface area contributed by atoms with Gasteiger partial charge in [-0.15, -0.1) is 0 Å². The van der Waals surface area contributed by atoms with Crippen molar-refractivity contribution in [1.82, 2.24) is 20.8 Å². The van der Waals surface area contributed by atoms with E-state index in [2.05, 4.69) is 31.7 Å². The van der Waals surface area contributed by atoms with Crippen LogP contribution in [0.5, 0.6) is 0 Å². The van der Waals surface area contributed by atoms with E-state index in [1.807, 2.05) is 39.8 Å². The number of nitrogens with zero attached hydrogens (tertiary/aromatic N) is 2. The van der Waals surface area contributed by atoms with Gasteiger partial charge in [-0.1, -0.05) is 18.2 Å². The first-order chi connectivity index (χ1) is 11.3. The summed E-state index contributed by atoms with van der Waals surface area (Å²) in [6, 6.07) is 7.30. The highest BCUT2D eigenvalue weighted by Gasteiger charge is 2.13. The van der Waals surface area contributed by atoms with E-state index >= 15 is 0 Å². The fourth-order valence-electron chi connectivity index (χ4n) is 1.85. The van der Waals surface area contributed by atoms with Gasteiger partial charge in [-0.3, -0.25) is 15.6 Å². The lowest BCUT2D eigenvalue weighted by atomic mass is 10.1. The van der Waals surface area contributed by atoms with Crippen LogP contribution in [0.25, 0.3) is 0 Å². The van der Waals surface area contributed by atoms with Crippen molar-refractivity contribution in [2.24, 2.45) is 0 Å². The van der Waals surface area contributed by atoms with E-state index in [1.54, 1.807) is 12.1 Å². The van der Waals surface area contributed by atoms with Crippen molar-refractivity contribution in [3.05, 3.63) is 41.7 Å². The van der Waals surface area contributed by atoms with Crippen molar-refractivity contribution < 1.29 is 4.79 Å². The lowest BCUT2D eigenvalue weighted by Gasteiger charge is -2.22. The zero-order valence-corrected chi connectivity index (χ0v) is 14.3. The first-order valence-electron chi connectivity index (χ1n) is 7.53. The molecule has 0 saturated heterocycles. The van der Waals surface area contributed by atoms with Crippen molar-refractivity contribution in [2.75, 3.05) is 16.6 Å². The third-order valence-corrected chi connectivity index (χ3v) is 3.12. The molecule has 0 atom stereocenters. The number of nitrogens with one attached hydrogen (secondary N) is 4. The van der Waals surface area contributed by atoms with Crippen LogP contribution in [0.2, 0.25) is 0 Å².